The van der Waals surface area contributed by atoms with Crippen molar-refractivity contribution in [2.75, 3.05) is 17.3 Å². The summed E-state index contributed by atoms with van der Waals surface area (Å²) in [5.41, 5.74) is 6.52. The van der Waals surface area contributed by atoms with Crippen molar-refractivity contribution in [2.45, 2.75) is 4.90 Å². The fourth-order valence-electron chi connectivity index (χ4n) is 1.74. The van der Waals surface area contributed by atoms with E-state index in [0.717, 1.165) is 6.26 Å². The number of hydrogen-bond acceptors (Lipinski definition) is 4. The van der Waals surface area contributed by atoms with E-state index in [-0.39, 0.29) is 16.1 Å². The van der Waals surface area contributed by atoms with Crippen molar-refractivity contribution in [1.82, 2.24) is 0 Å². The zero-order valence-corrected chi connectivity index (χ0v) is 12.7. The lowest BCUT2D eigenvalue weighted by Gasteiger charge is -2.08. The highest BCUT2D eigenvalue weighted by molar-refractivity contribution is 7.90. The number of carbonyl (C=O) groups is 1. The second-order valence-electron chi connectivity index (χ2n) is 4.53. The van der Waals surface area contributed by atoms with Crippen molar-refractivity contribution in [1.29, 1.82) is 0 Å². The van der Waals surface area contributed by atoms with Gasteiger partial charge in [0.2, 0.25) is 0 Å². The van der Waals surface area contributed by atoms with Crippen LogP contribution >= 0.6 is 11.6 Å². The molecule has 0 unspecified atom stereocenters. The predicted octanol–water partition coefficient (Wildman–Crippen LogP) is 2.58. The minimum atomic E-state index is -3.44. The van der Waals surface area contributed by atoms with Gasteiger partial charge in [0.1, 0.15) is 0 Å². The molecule has 0 heterocycles. The smallest absolute Gasteiger partial charge is 0.255 e. The Morgan fingerprint density at radius 1 is 1.19 bits per heavy atom. The van der Waals surface area contributed by atoms with Crippen LogP contribution in [0.15, 0.2) is 47.4 Å². The summed E-state index contributed by atoms with van der Waals surface area (Å²) in [6, 6.07) is 10.6. The number of benzene rings is 2. The first-order valence-corrected chi connectivity index (χ1v) is 8.20. The maximum absolute atomic E-state index is 12.2. The Kier molecular flexibility index (Phi) is 4.20. The van der Waals surface area contributed by atoms with Crippen LogP contribution in [0, 0.1) is 0 Å². The summed E-state index contributed by atoms with van der Waals surface area (Å²) >= 11 is 5.83. The number of amides is 1. The third kappa shape index (κ3) is 3.96. The van der Waals surface area contributed by atoms with Gasteiger partial charge in [0, 0.05) is 28.2 Å². The molecule has 2 rings (SSSR count). The second-order valence-corrected chi connectivity index (χ2v) is 6.98. The lowest BCUT2D eigenvalue weighted by molar-refractivity contribution is 0.102. The molecule has 3 N–H and O–H groups in total. The van der Waals surface area contributed by atoms with Crippen molar-refractivity contribution in [3.8, 4) is 0 Å². The van der Waals surface area contributed by atoms with Crippen LogP contribution in [0.3, 0.4) is 0 Å². The van der Waals surface area contributed by atoms with Crippen molar-refractivity contribution in [2.24, 2.45) is 0 Å². The number of rotatable bonds is 3. The highest BCUT2D eigenvalue weighted by atomic mass is 35.5. The van der Waals surface area contributed by atoms with E-state index in [4.69, 9.17) is 17.3 Å². The molecule has 0 aromatic heterocycles. The molecule has 21 heavy (non-hydrogen) atoms. The fraction of sp³-hybridized carbons (Fsp3) is 0.0714. The lowest BCUT2D eigenvalue weighted by atomic mass is 10.2. The average molecular weight is 325 g/mol. The van der Waals surface area contributed by atoms with Gasteiger partial charge < -0.3 is 11.1 Å². The van der Waals surface area contributed by atoms with Crippen molar-refractivity contribution in [3.05, 3.63) is 53.1 Å². The van der Waals surface area contributed by atoms with Crippen LogP contribution in [0.2, 0.25) is 5.02 Å². The van der Waals surface area contributed by atoms with Crippen molar-refractivity contribution in [3.63, 3.8) is 0 Å². The van der Waals surface area contributed by atoms with Gasteiger partial charge >= 0.3 is 0 Å². The molecule has 0 fully saturated rings. The van der Waals surface area contributed by atoms with E-state index in [1.54, 1.807) is 24.3 Å². The van der Waals surface area contributed by atoms with Gasteiger partial charge in [-0.15, -0.1) is 0 Å². The monoisotopic (exact) mass is 324 g/mol. The van der Waals surface area contributed by atoms with E-state index < -0.39 is 15.7 Å². The molecule has 0 aliphatic rings. The molecule has 0 saturated carbocycles. The number of nitrogens with one attached hydrogen (secondary N) is 1. The highest BCUT2D eigenvalue weighted by Crippen LogP contribution is 2.19. The van der Waals surface area contributed by atoms with E-state index >= 15 is 0 Å². The molecule has 2 aromatic rings. The molecule has 1 amide bonds. The van der Waals surface area contributed by atoms with Crippen LogP contribution in [0.4, 0.5) is 11.4 Å². The third-order valence-corrected chi connectivity index (χ3v) is 4.03. The fourth-order valence-corrected chi connectivity index (χ4v) is 2.62. The highest BCUT2D eigenvalue weighted by Gasteiger charge is 2.13. The van der Waals surface area contributed by atoms with Crippen LogP contribution in [0.25, 0.3) is 0 Å². The van der Waals surface area contributed by atoms with E-state index in [1.807, 2.05) is 0 Å². The Morgan fingerprint density at radius 2 is 1.90 bits per heavy atom. The van der Waals surface area contributed by atoms with Gasteiger partial charge in [-0.3, -0.25) is 4.79 Å². The number of hydrogen-bond donors (Lipinski definition) is 2. The first-order valence-electron chi connectivity index (χ1n) is 5.93. The molecular formula is C14H13ClN2O3S. The summed E-state index contributed by atoms with van der Waals surface area (Å²) in [7, 11) is -3.44. The molecule has 0 atom stereocenters. The molecule has 7 heteroatoms. The first-order chi connectivity index (χ1) is 9.75. The first kappa shape index (κ1) is 15.3. The average Bonchev–Trinajstić information content (AvgIpc) is 2.37. The van der Waals surface area contributed by atoms with Crippen LogP contribution in [-0.2, 0) is 9.84 Å². The molecule has 0 saturated heterocycles. The van der Waals surface area contributed by atoms with Crippen molar-refractivity contribution < 1.29 is 13.2 Å². The third-order valence-electron chi connectivity index (χ3n) is 2.70. The number of anilines is 2. The standard InChI is InChI=1S/C14H13ClN2O3S/c1-21(19,20)13-6-9(5-11(16)8-13)14(18)17-12-4-2-3-10(15)7-12/h2-8H,16H2,1H3,(H,17,18). The Bertz CT molecular complexity index is 804. The number of halogens is 1. The Hall–Kier alpha value is -2.05. The van der Waals surface area contributed by atoms with Crippen LogP contribution in [0.5, 0.6) is 0 Å². The summed E-state index contributed by atoms with van der Waals surface area (Å²) in [4.78, 5) is 12.2. The SMILES string of the molecule is CS(=O)(=O)c1cc(N)cc(C(=O)Nc2cccc(Cl)c2)c1. The maximum Gasteiger partial charge on any atom is 0.255 e. The summed E-state index contributed by atoms with van der Waals surface area (Å²) in [5, 5.41) is 3.11. The van der Waals surface area contributed by atoms with Gasteiger partial charge in [-0.1, -0.05) is 17.7 Å². The predicted molar refractivity (Wildman–Crippen MR) is 83.4 cm³/mol. The Morgan fingerprint density at radius 3 is 2.52 bits per heavy atom. The van der Waals surface area contributed by atoms with Crippen LogP contribution < -0.4 is 11.1 Å². The molecular weight excluding hydrogens is 312 g/mol. The molecule has 0 bridgehead atoms. The largest absolute Gasteiger partial charge is 0.399 e. The van der Waals surface area contributed by atoms with E-state index in [2.05, 4.69) is 5.32 Å². The molecule has 0 spiro atoms. The van der Waals surface area contributed by atoms with Crippen LogP contribution in [0.1, 0.15) is 10.4 Å². The number of sulfone groups is 1. The number of nitrogens with two attached hydrogens (primary N) is 1. The molecule has 0 radical (unpaired) electrons. The molecule has 0 aliphatic carbocycles. The summed E-state index contributed by atoms with van der Waals surface area (Å²) < 4.78 is 23.1. The minimum Gasteiger partial charge on any atom is -0.399 e. The molecule has 5 nitrogen and oxygen atoms in total. The zero-order valence-electron chi connectivity index (χ0n) is 11.1. The summed E-state index contributed by atoms with van der Waals surface area (Å²) in [5.74, 6) is -0.463. The maximum atomic E-state index is 12.2. The minimum absolute atomic E-state index is 0.00116. The van der Waals surface area contributed by atoms with Crippen molar-refractivity contribution >= 4 is 38.7 Å². The summed E-state index contributed by atoms with van der Waals surface area (Å²) in [6.45, 7) is 0. The normalized spacial score (nSPS) is 11.1. The van der Waals surface area contributed by atoms with Gasteiger partial charge in [-0.05, 0) is 36.4 Å². The Balaban J connectivity index is 2.33. The Labute approximate surface area is 127 Å². The molecule has 2 aromatic carbocycles. The van der Waals surface area contributed by atoms with Gasteiger partial charge in [-0.25, -0.2) is 8.42 Å². The quantitative estimate of drug-likeness (QED) is 0.849. The van der Waals surface area contributed by atoms with E-state index in [0.29, 0.717) is 10.7 Å². The second kappa shape index (κ2) is 5.75. The van der Waals surface area contributed by atoms with Crippen LogP contribution in [-0.4, -0.2) is 20.6 Å². The zero-order chi connectivity index (χ0) is 15.6. The van der Waals surface area contributed by atoms with Gasteiger partial charge in [-0.2, -0.15) is 0 Å². The molecule has 110 valence electrons. The van der Waals surface area contributed by atoms with Gasteiger partial charge in [0.15, 0.2) is 9.84 Å². The lowest BCUT2D eigenvalue weighted by Crippen LogP contribution is -2.13. The topological polar surface area (TPSA) is 89.3 Å². The molecule has 0 aliphatic heterocycles. The number of nitrogen functional groups attached to an aromatic ring is 1. The van der Waals surface area contributed by atoms with Gasteiger partial charge in [0.25, 0.3) is 5.91 Å². The van der Waals surface area contributed by atoms with E-state index in [1.165, 1.54) is 18.2 Å². The summed E-state index contributed by atoms with van der Waals surface area (Å²) in [6.07, 6.45) is 1.06. The van der Waals surface area contributed by atoms with E-state index in [9.17, 15) is 13.2 Å². The number of carbonyl (C=O) groups excluding carboxylic acids is 1. The van der Waals surface area contributed by atoms with Gasteiger partial charge in [0.05, 0.1) is 4.90 Å².